The molecule has 1 amide bonds. The molecule has 0 aliphatic carbocycles. The summed E-state index contributed by atoms with van der Waals surface area (Å²) >= 11 is 3.37. The maximum atomic E-state index is 11.8. The Morgan fingerprint density at radius 2 is 2.14 bits per heavy atom. The highest BCUT2D eigenvalue weighted by Crippen LogP contribution is 2.17. The molecule has 1 aromatic carbocycles. The first-order chi connectivity index (χ1) is 9.51. The third-order valence-corrected chi connectivity index (χ3v) is 3.29. The van der Waals surface area contributed by atoms with E-state index >= 15 is 0 Å². The van der Waals surface area contributed by atoms with E-state index < -0.39 is 0 Å². The summed E-state index contributed by atoms with van der Waals surface area (Å²) in [6.45, 7) is 5.06. The predicted octanol–water partition coefficient (Wildman–Crippen LogP) is 3.13. The number of rotatable bonds is 8. The maximum absolute atomic E-state index is 11.8. The second kappa shape index (κ2) is 10.9. The van der Waals surface area contributed by atoms with Crippen LogP contribution in [0.2, 0.25) is 0 Å². The molecule has 120 valence electrons. The van der Waals surface area contributed by atoms with Crippen molar-refractivity contribution >= 4 is 34.2 Å². The van der Waals surface area contributed by atoms with Gasteiger partial charge in [-0.3, -0.25) is 4.79 Å². The fourth-order valence-electron chi connectivity index (χ4n) is 1.90. The number of carbonyl (C=O) groups is 1. The molecule has 1 rings (SSSR count). The summed E-state index contributed by atoms with van der Waals surface area (Å²) in [5, 5.41) is 2.94. The molecule has 1 atom stereocenters. The highest BCUT2D eigenvalue weighted by molar-refractivity contribution is 9.10. The molecule has 4 nitrogen and oxygen atoms in total. The van der Waals surface area contributed by atoms with E-state index in [0.29, 0.717) is 25.5 Å². The normalized spacial score (nSPS) is 11.7. The first kappa shape index (κ1) is 20.2. The molecule has 3 N–H and O–H groups in total. The molecule has 0 aromatic heterocycles. The van der Waals surface area contributed by atoms with Crippen molar-refractivity contribution in [2.24, 2.45) is 11.7 Å². The van der Waals surface area contributed by atoms with Crippen LogP contribution in [0.1, 0.15) is 26.7 Å². The standard InChI is InChI=1S/C15H23BrN2O2.ClH/c1-11(2)8-13(10-17)18-15(19)6-7-20-14-5-3-4-12(16)9-14;/h3-5,9,11,13H,6-8,10,17H2,1-2H3,(H,18,19);1H. The van der Waals surface area contributed by atoms with Crippen molar-refractivity contribution in [2.45, 2.75) is 32.7 Å². The van der Waals surface area contributed by atoms with E-state index in [-0.39, 0.29) is 24.4 Å². The molecule has 0 bridgehead atoms. The van der Waals surface area contributed by atoms with Crippen molar-refractivity contribution in [3.8, 4) is 5.75 Å². The number of ether oxygens (including phenoxy) is 1. The van der Waals surface area contributed by atoms with Crippen LogP contribution in [0.15, 0.2) is 28.7 Å². The molecule has 21 heavy (non-hydrogen) atoms. The number of hydrogen-bond donors (Lipinski definition) is 2. The Balaban J connectivity index is 0.00000400. The Labute approximate surface area is 141 Å². The summed E-state index contributed by atoms with van der Waals surface area (Å²) in [6.07, 6.45) is 1.23. The van der Waals surface area contributed by atoms with Crippen molar-refractivity contribution in [2.75, 3.05) is 13.2 Å². The summed E-state index contributed by atoms with van der Waals surface area (Å²) in [4.78, 5) is 11.8. The van der Waals surface area contributed by atoms with Crippen LogP contribution in [0, 0.1) is 5.92 Å². The number of amides is 1. The second-order valence-corrected chi connectivity index (χ2v) is 6.10. The Hall–Kier alpha value is -0.780. The smallest absolute Gasteiger partial charge is 0.223 e. The van der Waals surface area contributed by atoms with E-state index in [1.807, 2.05) is 24.3 Å². The minimum absolute atomic E-state index is 0. The van der Waals surface area contributed by atoms with Crippen molar-refractivity contribution in [3.05, 3.63) is 28.7 Å². The molecular formula is C15H24BrClN2O2. The van der Waals surface area contributed by atoms with Crippen LogP contribution >= 0.6 is 28.3 Å². The van der Waals surface area contributed by atoms with Crippen LogP contribution < -0.4 is 15.8 Å². The zero-order valence-electron chi connectivity index (χ0n) is 12.5. The average molecular weight is 380 g/mol. The Kier molecular flexibility index (Phi) is 10.5. The van der Waals surface area contributed by atoms with Gasteiger partial charge in [-0.25, -0.2) is 0 Å². The maximum Gasteiger partial charge on any atom is 0.223 e. The molecule has 0 aliphatic heterocycles. The van der Waals surface area contributed by atoms with E-state index in [0.717, 1.165) is 16.6 Å². The molecule has 0 spiro atoms. The molecule has 1 aromatic rings. The van der Waals surface area contributed by atoms with Crippen LogP contribution in [0.3, 0.4) is 0 Å². The Bertz CT molecular complexity index is 430. The van der Waals surface area contributed by atoms with Gasteiger partial charge in [0.2, 0.25) is 5.91 Å². The third-order valence-electron chi connectivity index (χ3n) is 2.80. The summed E-state index contributed by atoms with van der Waals surface area (Å²) in [7, 11) is 0. The molecular weight excluding hydrogens is 356 g/mol. The van der Waals surface area contributed by atoms with Gasteiger partial charge in [0.1, 0.15) is 5.75 Å². The van der Waals surface area contributed by atoms with Crippen LogP contribution in [-0.2, 0) is 4.79 Å². The minimum Gasteiger partial charge on any atom is -0.493 e. The van der Waals surface area contributed by atoms with Gasteiger partial charge in [-0.15, -0.1) is 12.4 Å². The number of nitrogens with two attached hydrogens (primary N) is 1. The van der Waals surface area contributed by atoms with Gasteiger partial charge >= 0.3 is 0 Å². The van der Waals surface area contributed by atoms with Crippen molar-refractivity contribution < 1.29 is 9.53 Å². The number of nitrogens with one attached hydrogen (secondary N) is 1. The van der Waals surface area contributed by atoms with Gasteiger partial charge in [-0.2, -0.15) is 0 Å². The number of benzene rings is 1. The lowest BCUT2D eigenvalue weighted by Crippen LogP contribution is -2.41. The van der Waals surface area contributed by atoms with Crippen molar-refractivity contribution in [3.63, 3.8) is 0 Å². The van der Waals surface area contributed by atoms with Gasteiger partial charge in [0, 0.05) is 17.1 Å². The summed E-state index contributed by atoms with van der Waals surface area (Å²) in [5.41, 5.74) is 5.65. The lowest BCUT2D eigenvalue weighted by Gasteiger charge is -2.18. The van der Waals surface area contributed by atoms with Gasteiger partial charge in [-0.05, 0) is 30.5 Å². The monoisotopic (exact) mass is 378 g/mol. The number of halogens is 2. The topological polar surface area (TPSA) is 64.3 Å². The van der Waals surface area contributed by atoms with Crippen molar-refractivity contribution in [1.82, 2.24) is 5.32 Å². The fraction of sp³-hybridized carbons (Fsp3) is 0.533. The largest absolute Gasteiger partial charge is 0.493 e. The van der Waals surface area contributed by atoms with Gasteiger partial charge in [0.25, 0.3) is 0 Å². The zero-order chi connectivity index (χ0) is 15.0. The van der Waals surface area contributed by atoms with Crippen LogP contribution in [0.5, 0.6) is 5.75 Å². The van der Waals surface area contributed by atoms with Gasteiger partial charge in [0.05, 0.1) is 13.0 Å². The molecule has 0 heterocycles. The lowest BCUT2D eigenvalue weighted by molar-refractivity contribution is -0.122. The summed E-state index contributed by atoms with van der Waals surface area (Å²) in [5.74, 6) is 1.25. The Morgan fingerprint density at radius 1 is 1.43 bits per heavy atom. The number of hydrogen-bond acceptors (Lipinski definition) is 3. The summed E-state index contributed by atoms with van der Waals surface area (Å²) in [6, 6.07) is 7.61. The first-order valence-corrected chi connectivity index (χ1v) is 7.68. The fourth-order valence-corrected chi connectivity index (χ4v) is 2.28. The second-order valence-electron chi connectivity index (χ2n) is 5.19. The zero-order valence-corrected chi connectivity index (χ0v) is 14.9. The van der Waals surface area contributed by atoms with Crippen molar-refractivity contribution in [1.29, 1.82) is 0 Å². The third kappa shape index (κ3) is 8.96. The molecule has 1 unspecified atom stereocenters. The molecule has 0 radical (unpaired) electrons. The Morgan fingerprint density at radius 3 is 2.71 bits per heavy atom. The highest BCUT2D eigenvalue weighted by Gasteiger charge is 2.12. The van der Waals surface area contributed by atoms with Gasteiger partial charge in [-0.1, -0.05) is 35.8 Å². The average Bonchev–Trinajstić information content (AvgIpc) is 2.37. The predicted molar refractivity (Wildman–Crippen MR) is 91.9 cm³/mol. The van der Waals surface area contributed by atoms with E-state index in [1.54, 1.807) is 0 Å². The molecule has 0 aliphatic rings. The minimum atomic E-state index is -0.0175. The van der Waals surface area contributed by atoms with E-state index in [4.69, 9.17) is 10.5 Å². The first-order valence-electron chi connectivity index (χ1n) is 6.89. The lowest BCUT2D eigenvalue weighted by atomic mass is 10.0. The van der Waals surface area contributed by atoms with E-state index in [1.165, 1.54) is 0 Å². The van der Waals surface area contributed by atoms with Crippen LogP contribution in [-0.4, -0.2) is 25.1 Å². The molecule has 0 saturated heterocycles. The van der Waals surface area contributed by atoms with Crippen LogP contribution in [0.4, 0.5) is 0 Å². The summed E-state index contributed by atoms with van der Waals surface area (Å²) < 4.78 is 6.49. The highest BCUT2D eigenvalue weighted by atomic mass is 79.9. The molecule has 0 fully saturated rings. The molecule has 6 heteroatoms. The van der Waals surface area contributed by atoms with E-state index in [2.05, 4.69) is 35.1 Å². The van der Waals surface area contributed by atoms with E-state index in [9.17, 15) is 4.79 Å². The number of carbonyl (C=O) groups excluding carboxylic acids is 1. The SMILES string of the molecule is CC(C)CC(CN)NC(=O)CCOc1cccc(Br)c1.Cl. The van der Waals surface area contributed by atoms with Gasteiger partial charge in [0.15, 0.2) is 0 Å². The van der Waals surface area contributed by atoms with Crippen LogP contribution in [0.25, 0.3) is 0 Å². The van der Waals surface area contributed by atoms with Gasteiger partial charge < -0.3 is 15.8 Å². The molecule has 0 saturated carbocycles. The quantitative estimate of drug-likeness (QED) is 0.729.